The second-order valence-corrected chi connectivity index (χ2v) is 7.34. The fourth-order valence-corrected chi connectivity index (χ4v) is 3.26. The van der Waals surface area contributed by atoms with Crippen molar-refractivity contribution in [3.8, 4) is 11.5 Å². The first-order valence-electron chi connectivity index (χ1n) is 7.94. The molecule has 2 amide bonds. The monoisotopic (exact) mass is 433 g/mol. The van der Waals surface area contributed by atoms with E-state index >= 15 is 0 Å². The molecule has 1 aliphatic rings. The van der Waals surface area contributed by atoms with Crippen LogP contribution in [0.3, 0.4) is 0 Å². The van der Waals surface area contributed by atoms with Gasteiger partial charge in [0.15, 0.2) is 11.5 Å². The van der Waals surface area contributed by atoms with Gasteiger partial charge in [-0.2, -0.15) is 0 Å². The fourth-order valence-electron chi connectivity index (χ4n) is 2.32. The zero-order valence-electron chi connectivity index (χ0n) is 14.0. The summed E-state index contributed by atoms with van der Waals surface area (Å²) in [6.07, 6.45) is 1.66. The molecule has 5 nitrogen and oxygen atoms in total. The molecule has 3 rings (SSSR count). The van der Waals surface area contributed by atoms with Crippen molar-refractivity contribution in [1.29, 1.82) is 0 Å². The van der Waals surface area contributed by atoms with Crippen molar-refractivity contribution in [2.75, 3.05) is 6.61 Å². The molecule has 134 valence electrons. The Labute approximate surface area is 163 Å². The van der Waals surface area contributed by atoms with E-state index in [1.807, 2.05) is 37.3 Å². The van der Waals surface area contributed by atoms with Gasteiger partial charge in [-0.25, -0.2) is 0 Å². The smallest absolute Gasteiger partial charge is 0.290 e. The van der Waals surface area contributed by atoms with Crippen LogP contribution in [0.1, 0.15) is 18.1 Å². The Kier molecular flexibility index (Phi) is 6.00. The van der Waals surface area contributed by atoms with Crippen LogP contribution in [0.5, 0.6) is 11.5 Å². The van der Waals surface area contributed by atoms with Crippen molar-refractivity contribution in [1.82, 2.24) is 5.32 Å². The highest BCUT2D eigenvalue weighted by Gasteiger charge is 2.25. The third-order valence-electron chi connectivity index (χ3n) is 3.52. The van der Waals surface area contributed by atoms with Crippen molar-refractivity contribution in [3.63, 3.8) is 0 Å². The number of nitrogens with one attached hydrogen (secondary N) is 1. The van der Waals surface area contributed by atoms with E-state index in [0.29, 0.717) is 29.6 Å². The van der Waals surface area contributed by atoms with Crippen molar-refractivity contribution in [2.45, 2.75) is 13.5 Å². The van der Waals surface area contributed by atoms with E-state index in [2.05, 4.69) is 21.2 Å². The molecule has 0 aliphatic carbocycles. The summed E-state index contributed by atoms with van der Waals surface area (Å²) < 4.78 is 12.6. The molecule has 1 saturated heterocycles. The third kappa shape index (κ3) is 4.68. The number of carbonyl (C=O) groups excluding carboxylic acids is 2. The standard InChI is InChI=1S/C19H16BrNO4S/c1-2-24-16-9-13(10-17-18(22)21-19(23)26-17)5-8-15(16)25-11-12-3-6-14(20)7-4-12/h3-10H,2,11H2,1H3,(H,21,22,23)/b17-10-. The van der Waals surface area contributed by atoms with Crippen LogP contribution >= 0.6 is 27.7 Å². The topological polar surface area (TPSA) is 64.6 Å². The van der Waals surface area contributed by atoms with E-state index < -0.39 is 0 Å². The SMILES string of the molecule is CCOc1cc(/C=C2\SC(=O)NC2=O)ccc1OCc1ccc(Br)cc1. The lowest BCUT2D eigenvalue weighted by atomic mass is 10.2. The molecule has 0 saturated carbocycles. The van der Waals surface area contributed by atoms with Crippen LogP contribution < -0.4 is 14.8 Å². The van der Waals surface area contributed by atoms with Crippen LogP contribution in [0.2, 0.25) is 0 Å². The Bertz CT molecular complexity index is 864. The Hall–Kier alpha value is -2.25. The number of hydrogen-bond donors (Lipinski definition) is 1. The van der Waals surface area contributed by atoms with Gasteiger partial charge in [0.1, 0.15) is 6.61 Å². The Morgan fingerprint density at radius 3 is 2.50 bits per heavy atom. The van der Waals surface area contributed by atoms with E-state index in [0.717, 1.165) is 27.4 Å². The zero-order chi connectivity index (χ0) is 18.5. The van der Waals surface area contributed by atoms with Gasteiger partial charge in [0.05, 0.1) is 11.5 Å². The lowest BCUT2D eigenvalue weighted by Crippen LogP contribution is -2.17. The van der Waals surface area contributed by atoms with Crippen LogP contribution in [0.4, 0.5) is 4.79 Å². The third-order valence-corrected chi connectivity index (χ3v) is 4.85. The summed E-state index contributed by atoms with van der Waals surface area (Å²) in [6, 6.07) is 13.3. The quantitative estimate of drug-likeness (QED) is 0.665. The lowest BCUT2D eigenvalue weighted by molar-refractivity contribution is -0.115. The van der Waals surface area contributed by atoms with E-state index in [4.69, 9.17) is 9.47 Å². The molecule has 0 spiro atoms. The van der Waals surface area contributed by atoms with Crippen LogP contribution in [-0.2, 0) is 11.4 Å². The normalized spacial score (nSPS) is 15.2. The number of hydrogen-bond acceptors (Lipinski definition) is 5. The minimum atomic E-state index is -0.381. The van der Waals surface area contributed by atoms with Crippen LogP contribution in [0, 0.1) is 0 Å². The van der Waals surface area contributed by atoms with Crippen LogP contribution in [0.25, 0.3) is 6.08 Å². The molecule has 0 aromatic heterocycles. The van der Waals surface area contributed by atoms with E-state index in [9.17, 15) is 9.59 Å². The molecule has 0 bridgehead atoms. The Morgan fingerprint density at radius 2 is 1.85 bits per heavy atom. The van der Waals surface area contributed by atoms with Gasteiger partial charge in [-0.05, 0) is 60.2 Å². The van der Waals surface area contributed by atoms with Gasteiger partial charge in [-0.3, -0.25) is 14.9 Å². The largest absolute Gasteiger partial charge is 0.490 e. The molecule has 1 N–H and O–H groups in total. The van der Waals surface area contributed by atoms with Gasteiger partial charge in [0, 0.05) is 4.47 Å². The summed E-state index contributed by atoms with van der Waals surface area (Å²) in [5.41, 5.74) is 1.80. The zero-order valence-corrected chi connectivity index (χ0v) is 16.4. The molecule has 1 aliphatic heterocycles. The predicted molar refractivity (Wildman–Crippen MR) is 105 cm³/mol. The highest BCUT2D eigenvalue weighted by atomic mass is 79.9. The van der Waals surface area contributed by atoms with Crippen LogP contribution in [0.15, 0.2) is 51.8 Å². The number of rotatable bonds is 6. The number of imide groups is 1. The first-order chi connectivity index (χ1) is 12.5. The molecule has 2 aromatic rings. The molecule has 0 radical (unpaired) electrons. The maximum atomic E-state index is 11.7. The summed E-state index contributed by atoms with van der Waals surface area (Å²) in [4.78, 5) is 23.3. The fraction of sp³-hybridized carbons (Fsp3) is 0.158. The maximum absolute atomic E-state index is 11.7. The summed E-state index contributed by atoms with van der Waals surface area (Å²) >= 11 is 4.29. The lowest BCUT2D eigenvalue weighted by Gasteiger charge is -2.13. The summed E-state index contributed by atoms with van der Waals surface area (Å²) in [5, 5.41) is 1.88. The number of carbonyl (C=O) groups is 2. The minimum absolute atomic E-state index is 0.360. The molecule has 1 heterocycles. The maximum Gasteiger partial charge on any atom is 0.290 e. The Morgan fingerprint density at radius 1 is 1.08 bits per heavy atom. The van der Waals surface area contributed by atoms with Crippen molar-refractivity contribution in [2.24, 2.45) is 0 Å². The van der Waals surface area contributed by atoms with Gasteiger partial charge in [-0.1, -0.05) is 34.1 Å². The average Bonchev–Trinajstić information content (AvgIpc) is 2.93. The van der Waals surface area contributed by atoms with Crippen molar-refractivity contribution < 1.29 is 19.1 Å². The predicted octanol–water partition coefficient (Wildman–Crippen LogP) is 4.75. The van der Waals surface area contributed by atoms with Crippen molar-refractivity contribution >= 4 is 44.9 Å². The molecule has 7 heteroatoms. The van der Waals surface area contributed by atoms with E-state index in [-0.39, 0.29) is 11.1 Å². The molecular formula is C19H16BrNO4S. The number of amides is 2. The highest BCUT2D eigenvalue weighted by Crippen LogP contribution is 2.32. The molecule has 1 fully saturated rings. The Balaban J connectivity index is 1.78. The first-order valence-corrected chi connectivity index (χ1v) is 9.55. The van der Waals surface area contributed by atoms with Gasteiger partial charge in [0.25, 0.3) is 11.1 Å². The summed E-state index contributed by atoms with van der Waals surface area (Å²) in [5.74, 6) is 0.832. The van der Waals surface area contributed by atoms with E-state index in [1.54, 1.807) is 18.2 Å². The minimum Gasteiger partial charge on any atom is -0.490 e. The number of thioether (sulfide) groups is 1. The summed E-state index contributed by atoms with van der Waals surface area (Å²) in [7, 11) is 0. The second kappa shape index (κ2) is 8.42. The van der Waals surface area contributed by atoms with Gasteiger partial charge < -0.3 is 9.47 Å². The van der Waals surface area contributed by atoms with Crippen molar-refractivity contribution in [3.05, 3.63) is 63.0 Å². The van der Waals surface area contributed by atoms with Gasteiger partial charge >= 0.3 is 0 Å². The number of halogens is 1. The highest BCUT2D eigenvalue weighted by molar-refractivity contribution is 9.10. The molecule has 0 atom stereocenters. The van der Waals surface area contributed by atoms with E-state index in [1.165, 1.54) is 0 Å². The number of benzene rings is 2. The second-order valence-electron chi connectivity index (χ2n) is 5.41. The first kappa shape index (κ1) is 18.5. The van der Waals surface area contributed by atoms with Gasteiger partial charge in [0.2, 0.25) is 0 Å². The molecular weight excluding hydrogens is 418 g/mol. The summed E-state index contributed by atoms with van der Waals surface area (Å²) in [6.45, 7) is 2.80. The average molecular weight is 434 g/mol. The number of ether oxygens (including phenoxy) is 2. The van der Waals surface area contributed by atoms with Crippen LogP contribution in [-0.4, -0.2) is 17.8 Å². The molecule has 2 aromatic carbocycles. The molecule has 26 heavy (non-hydrogen) atoms. The molecule has 0 unspecified atom stereocenters. The van der Waals surface area contributed by atoms with Gasteiger partial charge in [-0.15, -0.1) is 0 Å².